The van der Waals surface area contributed by atoms with Gasteiger partial charge >= 0.3 is 0 Å². The minimum Gasteiger partial charge on any atom is -0.365 e. The number of carbonyl (C=O) groups excluding carboxylic acids is 1. The molecule has 0 aromatic carbocycles. The van der Waals surface area contributed by atoms with E-state index in [1.165, 1.54) is 0 Å². The Hall–Kier alpha value is -4.67. The molecule has 2 aliphatic heterocycles. The van der Waals surface area contributed by atoms with E-state index in [1.807, 2.05) is 17.0 Å². The number of rotatable bonds is 9. The van der Waals surface area contributed by atoms with Crippen molar-refractivity contribution in [2.24, 2.45) is 17.6 Å². The number of nitrogens with zero attached hydrogens (tertiary/aromatic N) is 9. The Kier molecular flexibility index (Phi) is 7.86. The molecule has 2 saturated heterocycles. The number of amides is 1. The first-order chi connectivity index (χ1) is 19.0. The van der Waals surface area contributed by atoms with E-state index < -0.39 is 5.91 Å². The summed E-state index contributed by atoms with van der Waals surface area (Å²) in [6.07, 6.45) is 7.82. The molecule has 0 aliphatic carbocycles. The van der Waals surface area contributed by atoms with Crippen LogP contribution in [0.25, 0.3) is 0 Å². The minimum atomic E-state index is -0.719. The van der Waals surface area contributed by atoms with Gasteiger partial charge < -0.3 is 26.3 Å². The molecule has 5 rings (SSSR count). The van der Waals surface area contributed by atoms with Crippen LogP contribution in [0.2, 0.25) is 0 Å². The maximum atomic E-state index is 12.3. The second-order valence-electron chi connectivity index (χ2n) is 9.93. The summed E-state index contributed by atoms with van der Waals surface area (Å²) in [5, 5.41) is 34.2. The summed E-state index contributed by atoms with van der Waals surface area (Å²) in [5.41, 5.74) is 6.51. The zero-order chi connectivity index (χ0) is 27.2. The van der Waals surface area contributed by atoms with Gasteiger partial charge in [-0.2, -0.15) is 15.5 Å². The molecule has 14 heteroatoms. The third kappa shape index (κ3) is 6.08. The van der Waals surface area contributed by atoms with Crippen molar-refractivity contribution in [3.05, 3.63) is 35.4 Å². The lowest BCUT2D eigenvalue weighted by atomic mass is 9.93. The lowest BCUT2D eigenvalue weighted by Crippen LogP contribution is -2.35. The quantitative estimate of drug-likeness (QED) is 0.294. The van der Waals surface area contributed by atoms with Crippen LogP contribution < -0.4 is 20.9 Å². The van der Waals surface area contributed by atoms with Gasteiger partial charge in [0.15, 0.2) is 5.82 Å². The number of nitriles is 1. The van der Waals surface area contributed by atoms with Gasteiger partial charge in [-0.3, -0.25) is 4.79 Å². The van der Waals surface area contributed by atoms with Gasteiger partial charge in [0.2, 0.25) is 5.95 Å². The average molecular weight is 530 g/mol. The number of nitrogens with one attached hydrogen (secondary N) is 3. The Morgan fingerprint density at radius 2 is 1.90 bits per heavy atom. The first-order valence-corrected chi connectivity index (χ1v) is 13.1. The Labute approximate surface area is 225 Å². The standard InChI is InChI=1S/C25H31N13O/c26-8-3-16-4-11-38(12-5-16)25-31-19(14-27)22(23(28)39)24(32-25)30-18-1-2-21(29-15-18)37-9-6-17(7-10-37)13-20-33-35-36-34-20/h1-2,14-17,27H,3-7,9-13H2,(H2,28,39)(H,30,31,32)(H,33,34,35,36). The van der Waals surface area contributed by atoms with Crippen LogP contribution in [0.3, 0.4) is 0 Å². The average Bonchev–Trinajstić information content (AvgIpc) is 3.47. The fraction of sp³-hybridized carbons (Fsp3) is 0.480. The highest BCUT2D eigenvalue weighted by atomic mass is 16.1. The van der Waals surface area contributed by atoms with Crippen LogP contribution in [0, 0.1) is 28.6 Å². The predicted octanol–water partition coefficient (Wildman–Crippen LogP) is 1.81. The van der Waals surface area contributed by atoms with Gasteiger partial charge in [-0.1, -0.05) is 5.21 Å². The Balaban J connectivity index is 1.28. The van der Waals surface area contributed by atoms with Crippen molar-refractivity contribution in [1.29, 1.82) is 10.7 Å². The summed E-state index contributed by atoms with van der Waals surface area (Å²) in [5.74, 6) is 2.43. The van der Waals surface area contributed by atoms with Gasteiger partial charge in [0, 0.05) is 45.2 Å². The molecule has 14 nitrogen and oxygen atoms in total. The van der Waals surface area contributed by atoms with Crippen LogP contribution in [0.1, 0.15) is 54.0 Å². The van der Waals surface area contributed by atoms with Crippen LogP contribution in [-0.4, -0.2) is 73.9 Å². The number of tetrazole rings is 1. The summed E-state index contributed by atoms with van der Waals surface area (Å²) in [6.45, 7) is 3.16. The molecule has 2 aliphatic rings. The van der Waals surface area contributed by atoms with Crippen LogP contribution in [-0.2, 0) is 6.42 Å². The molecule has 0 atom stereocenters. The first-order valence-electron chi connectivity index (χ1n) is 13.1. The normalized spacial score (nSPS) is 16.6. The van der Waals surface area contributed by atoms with Crippen molar-refractivity contribution >= 4 is 35.4 Å². The second kappa shape index (κ2) is 11.8. The van der Waals surface area contributed by atoms with E-state index in [2.05, 4.69) is 51.9 Å². The van der Waals surface area contributed by atoms with Crippen LogP contribution in [0.4, 0.5) is 23.3 Å². The highest BCUT2D eigenvalue weighted by Gasteiger charge is 2.25. The van der Waals surface area contributed by atoms with Gasteiger partial charge in [-0.15, -0.1) is 10.2 Å². The number of aromatic nitrogens is 7. The first kappa shape index (κ1) is 26.0. The molecule has 3 aromatic heterocycles. The fourth-order valence-electron chi connectivity index (χ4n) is 5.19. The second-order valence-corrected chi connectivity index (χ2v) is 9.93. The van der Waals surface area contributed by atoms with Gasteiger partial charge in [-0.05, 0) is 49.7 Å². The SMILES string of the molecule is N#CCC1CCN(c2nc(C=N)c(C(N)=O)c(Nc3ccc(N4CCC(Cc5nn[nH]n5)CC4)nc3)n2)CC1. The molecule has 0 bridgehead atoms. The van der Waals surface area contributed by atoms with E-state index in [9.17, 15) is 4.79 Å². The number of hydrogen-bond donors (Lipinski definition) is 4. The molecule has 5 heterocycles. The predicted molar refractivity (Wildman–Crippen MR) is 144 cm³/mol. The number of pyridine rings is 1. The number of carbonyl (C=O) groups is 1. The van der Waals surface area contributed by atoms with Crippen LogP contribution in [0.5, 0.6) is 0 Å². The van der Waals surface area contributed by atoms with E-state index in [-0.39, 0.29) is 17.1 Å². The number of anilines is 4. The number of aromatic amines is 1. The Morgan fingerprint density at radius 1 is 1.15 bits per heavy atom. The molecule has 39 heavy (non-hydrogen) atoms. The van der Waals surface area contributed by atoms with E-state index in [4.69, 9.17) is 16.4 Å². The van der Waals surface area contributed by atoms with E-state index in [0.717, 1.165) is 63.1 Å². The van der Waals surface area contributed by atoms with Crippen molar-refractivity contribution in [1.82, 2.24) is 35.6 Å². The summed E-state index contributed by atoms with van der Waals surface area (Å²) in [4.78, 5) is 30.3. The van der Waals surface area contributed by atoms with Crippen molar-refractivity contribution in [3.8, 4) is 6.07 Å². The molecule has 0 spiro atoms. The molecule has 0 unspecified atom stereocenters. The maximum absolute atomic E-state index is 12.3. The summed E-state index contributed by atoms with van der Waals surface area (Å²) >= 11 is 0. The van der Waals surface area contributed by atoms with Crippen molar-refractivity contribution in [3.63, 3.8) is 0 Å². The van der Waals surface area contributed by atoms with Crippen molar-refractivity contribution in [2.45, 2.75) is 38.5 Å². The summed E-state index contributed by atoms with van der Waals surface area (Å²) in [6, 6.07) is 6.07. The number of hydrogen-bond acceptors (Lipinski definition) is 12. The zero-order valence-electron chi connectivity index (χ0n) is 21.5. The number of primary amides is 1. The third-order valence-electron chi connectivity index (χ3n) is 7.40. The van der Waals surface area contributed by atoms with Crippen LogP contribution >= 0.6 is 0 Å². The molecule has 0 saturated carbocycles. The molecule has 0 radical (unpaired) electrons. The molecule has 202 valence electrons. The summed E-state index contributed by atoms with van der Waals surface area (Å²) in [7, 11) is 0. The number of H-pyrrole nitrogens is 1. The largest absolute Gasteiger partial charge is 0.365 e. The third-order valence-corrected chi connectivity index (χ3v) is 7.40. The lowest BCUT2D eigenvalue weighted by Gasteiger charge is -2.32. The molecule has 1 amide bonds. The molecule has 3 aromatic rings. The smallest absolute Gasteiger partial charge is 0.254 e. The molecule has 5 N–H and O–H groups in total. The maximum Gasteiger partial charge on any atom is 0.254 e. The lowest BCUT2D eigenvalue weighted by molar-refractivity contribution is 0.100. The van der Waals surface area contributed by atoms with Crippen molar-refractivity contribution in [2.75, 3.05) is 41.3 Å². The molecular weight excluding hydrogens is 498 g/mol. The van der Waals surface area contributed by atoms with E-state index in [1.54, 1.807) is 6.20 Å². The number of nitrogens with two attached hydrogens (primary N) is 1. The highest BCUT2D eigenvalue weighted by molar-refractivity contribution is 6.04. The van der Waals surface area contributed by atoms with E-state index in [0.29, 0.717) is 43.0 Å². The van der Waals surface area contributed by atoms with Gasteiger partial charge in [0.05, 0.1) is 18.0 Å². The monoisotopic (exact) mass is 529 g/mol. The topological polar surface area (TPSA) is 202 Å². The van der Waals surface area contributed by atoms with Gasteiger partial charge in [0.1, 0.15) is 22.9 Å². The molecular formula is C25H31N13O. The zero-order valence-corrected chi connectivity index (χ0v) is 21.5. The number of piperidine rings is 2. The van der Waals surface area contributed by atoms with Gasteiger partial charge in [-0.25, -0.2) is 9.97 Å². The minimum absolute atomic E-state index is 0.0564. The van der Waals surface area contributed by atoms with Crippen molar-refractivity contribution < 1.29 is 4.79 Å². The highest BCUT2D eigenvalue weighted by Crippen LogP contribution is 2.28. The van der Waals surface area contributed by atoms with Gasteiger partial charge in [0.25, 0.3) is 5.91 Å². The Morgan fingerprint density at radius 3 is 2.51 bits per heavy atom. The van der Waals surface area contributed by atoms with Crippen LogP contribution in [0.15, 0.2) is 18.3 Å². The Bertz CT molecular complexity index is 1320. The molecule has 2 fully saturated rings. The summed E-state index contributed by atoms with van der Waals surface area (Å²) < 4.78 is 0. The van der Waals surface area contributed by atoms with E-state index >= 15 is 0 Å². The fourth-order valence-corrected chi connectivity index (χ4v) is 5.19.